The molecule has 2 aromatic carbocycles. The van der Waals surface area contributed by atoms with Gasteiger partial charge in [0.25, 0.3) is 0 Å². The second kappa shape index (κ2) is 6.38. The summed E-state index contributed by atoms with van der Waals surface area (Å²) in [6.45, 7) is 0. The fraction of sp³-hybridized carbons (Fsp3) is 0. The molecule has 0 saturated carbocycles. The summed E-state index contributed by atoms with van der Waals surface area (Å²) >= 11 is 0. The van der Waals surface area contributed by atoms with Crippen molar-refractivity contribution in [2.75, 3.05) is 10.6 Å². The van der Waals surface area contributed by atoms with Crippen LogP contribution in [-0.2, 0) is 0 Å². The molecule has 0 aliphatic rings. The molecule has 0 spiro atoms. The molecule has 21 heavy (non-hydrogen) atoms. The van der Waals surface area contributed by atoms with E-state index in [1.807, 2.05) is 0 Å². The minimum absolute atomic E-state index is 0.0164. The fourth-order valence-corrected chi connectivity index (χ4v) is 1.61. The van der Waals surface area contributed by atoms with Gasteiger partial charge >= 0.3 is 6.03 Å². The number of hydrogen-bond donors (Lipinski definition) is 4. The summed E-state index contributed by atoms with van der Waals surface area (Å²) < 4.78 is 12.7. The van der Waals surface area contributed by atoms with E-state index in [9.17, 15) is 9.18 Å². The van der Waals surface area contributed by atoms with Gasteiger partial charge in [-0.15, -0.1) is 0 Å². The van der Waals surface area contributed by atoms with Crippen molar-refractivity contribution in [2.24, 2.45) is 10.9 Å². The minimum Gasteiger partial charge on any atom is -0.409 e. The Bertz CT molecular complexity index is 654. The van der Waals surface area contributed by atoms with Crippen molar-refractivity contribution in [3.8, 4) is 0 Å². The maximum atomic E-state index is 12.7. The molecule has 0 aromatic heterocycles. The van der Waals surface area contributed by atoms with Crippen LogP contribution in [0, 0.1) is 5.82 Å². The van der Waals surface area contributed by atoms with Gasteiger partial charge in [0.1, 0.15) is 5.82 Å². The first-order valence-corrected chi connectivity index (χ1v) is 6.00. The van der Waals surface area contributed by atoms with Crippen molar-refractivity contribution in [3.63, 3.8) is 0 Å². The average molecular weight is 288 g/mol. The van der Waals surface area contributed by atoms with Crippen LogP contribution in [0.5, 0.6) is 0 Å². The number of nitrogens with zero attached hydrogens (tertiary/aromatic N) is 1. The molecule has 0 unspecified atom stereocenters. The van der Waals surface area contributed by atoms with Gasteiger partial charge in [-0.3, -0.25) is 0 Å². The Kier molecular flexibility index (Phi) is 4.35. The summed E-state index contributed by atoms with van der Waals surface area (Å²) in [5.74, 6) is -0.392. The molecule has 5 N–H and O–H groups in total. The van der Waals surface area contributed by atoms with Gasteiger partial charge in [0.15, 0.2) is 5.84 Å². The SMILES string of the molecule is N/C(=N/O)c1ccc(NC(=O)Nc2ccc(F)cc2)cc1. The molecular formula is C14H13FN4O2. The van der Waals surface area contributed by atoms with Gasteiger partial charge in [-0.1, -0.05) is 5.16 Å². The Balaban J connectivity index is 1.98. The highest BCUT2D eigenvalue weighted by Gasteiger charge is 2.04. The molecule has 0 saturated heterocycles. The zero-order chi connectivity index (χ0) is 15.2. The molecule has 0 aliphatic heterocycles. The van der Waals surface area contributed by atoms with Gasteiger partial charge in [0.2, 0.25) is 0 Å². The van der Waals surface area contributed by atoms with Crippen molar-refractivity contribution in [1.29, 1.82) is 0 Å². The Morgan fingerprint density at radius 1 is 1.00 bits per heavy atom. The standard InChI is InChI=1S/C14H13FN4O2/c15-10-3-7-12(8-4-10)18-14(20)17-11-5-1-9(2-6-11)13(16)19-21/h1-8,21H,(H2,16,19)(H2,17,18,20). The molecule has 0 atom stereocenters. The Labute approximate surface area is 120 Å². The van der Waals surface area contributed by atoms with Crippen molar-refractivity contribution in [1.82, 2.24) is 0 Å². The van der Waals surface area contributed by atoms with E-state index >= 15 is 0 Å². The summed E-state index contributed by atoms with van der Waals surface area (Å²) in [5.41, 5.74) is 6.97. The molecule has 7 heteroatoms. The third-order valence-corrected chi connectivity index (χ3v) is 2.65. The number of benzene rings is 2. The second-order valence-electron chi connectivity index (χ2n) is 4.15. The fourth-order valence-electron chi connectivity index (χ4n) is 1.61. The first kappa shape index (κ1) is 14.3. The lowest BCUT2D eigenvalue weighted by atomic mass is 10.2. The topological polar surface area (TPSA) is 99.7 Å². The molecular weight excluding hydrogens is 275 g/mol. The summed E-state index contributed by atoms with van der Waals surface area (Å²) in [5, 5.41) is 16.6. The van der Waals surface area contributed by atoms with Crippen LogP contribution >= 0.6 is 0 Å². The molecule has 2 rings (SSSR count). The van der Waals surface area contributed by atoms with E-state index in [0.717, 1.165) is 0 Å². The van der Waals surface area contributed by atoms with Crippen LogP contribution in [-0.4, -0.2) is 17.1 Å². The van der Waals surface area contributed by atoms with E-state index in [1.54, 1.807) is 24.3 Å². The van der Waals surface area contributed by atoms with Gasteiger partial charge in [-0.05, 0) is 48.5 Å². The Hall–Kier alpha value is -3.09. The van der Waals surface area contributed by atoms with E-state index in [4.69, 9.17) is 10.9 Å². The number of anilines is 2. The number of oxime groups is 1. The molecule has 0 fully saturated rings. The first-order valence-electron chi connectivity index (χ1n) is 6.00. The number of amides is 2. The van der Waals surface area contributed by atoms with Crippen LogP contribution in [0.15, 0.2) is 53.7 Å². The van der Waals surface area contributed by atoms with E-state index < -0.39 is 6.03 Å². The lowest BCUT2D eigenvalue weighted by Gasteiger charge is -2.08. The first-order chi connectivity index (χ1) is 10.1. The van der Waals surface area contributed by atoms with Crippen molar-refractivity contribution < 1.29 is 14.4 Å². The van der Waals surface area contributed by atoms with Gasteiger partial charge in [0, 0.05) is 16.9 Å². The number of carbonyl (C=O) groups is 1. The molecule has 2 amide bonds. The summed E-state index contributed by atoms with van der Waals surface area (Å²) in [6, 6.07) is 11.4. The highest BCUT2D eigenvalue weighted by Crippen LogP contribution is 2.12. The van der Waals surface area contributed by atoms with Gasteiger partial charge in [-0.25, -0.2) is 9.18 Å². The molecule has 0 bridgehead atoms. The zero-order valence-corrected chi connectivity index (χ0v) is 10.9. The molecule has 2 aromatic rings. The number of halogens is 1. The smallest absolute Gasteiger partial charge is 0.323 e. The van der Waals surface area contributed by atoms with Crippen LogP contribution in [0.1, 0.15) is 5.56 Å². The summed E-state index contributed by atoms with van der Waals surface area (Å²) in [7, 11) is 0. The molecule has 0 radical (unpaired) electrons. The predicted molar refractivity (Wildman–Crippen MR) is 78.0 cm³/mol. The van der Waals surface area contributed by atoms with Crippen LogP contribution in [0.4, 0.5) is 20.6 Å². The summed E-state index contributed by atoms with van der Waals surface area (Å²) in [4.78, 5) is 11.7. The monoisotopic (exact) mass is 288 g/mol. The van der Waals surface area contributed by atoms with E-state index in [2.05, 4.69) is 15.8 Å². The molecule has 0 heterocycles. The maximum absolute atomic E-state index is 12.7. The number of rotatable bonds is 3. The van der Waals surface area contributed by atoms with Gasteiger partial charge < -0.3 is 21.6 Å². The Morgan fingerprint density at radius 2 is 1.48 bits per heavy atom. The van der Waals surface area contributed by atoms with E-state index in [0.29, 0.717) is 16.9 Å². The number of urea groups is 1. The number of hydrogen-bond acceptors (Lipinski definition) is 3. The number of nitrogens with two attached hydrogens (primary N) is 1. The van der Waals surface area contributed by atoms with E-state index in [-0.39, 0.29) is 11.7 Å². The minimum atomic E-state index is -0.460. The highest BCUT2D eigenvalue weighted by atomic mass is 19.1. The Morgan fingerprint density at radius 3 is 1.95 bits per heavy atom. The van der Waals surface area contributed by atoms with Crippen LogP contribution in [0.3, 0.4) is 0 Å². The molecule has 0 aliphatic carbocycles. The van der Waals surface area contributed by atoms with E-state index in [1.165, 1.54) is 24.3 Å². The number of nitrogens with one attached hydrogen (secondary N) is 2. The average Bonchev–Trinajstić information content (AvgIpc) is 2.49. The number of carbonyl (C=O) groups excluding carboxylic acids is 1. The highest BCUT2D eigenvalue weighted by molar-refractivity contribution is 6.01. The lowest BCUT2D eigenvalue weighted by molar-refractivity contribution is 0.262. The van der Waals surface area contributed by atoms with Crippen molar-refractivity contribution in [2.45, 2.75) is 0 Å². The zero-order valence-electron chi connectivity index (χ0n) is 10.9. The predicted octanol–water partition coefficient (Wildman–Crippen LogP) is 2.56. The van der Waals surface area contributed by atoms with Gasteiger partial charge in [-0.2, -0.15) is 0 Å². The van der Waals surface area contributed by atoms with Crippen LogP contribution in [0.2, 0.25) is 0 Å². The summed E-state index contributed by atoms with van der Waals surface area (Å²) in [6.07, 6.45) is 0. The third kappa shape index (κ3) is 3.93. The molecule has 108 valence electrons. The maximum Gasteiger partial charge on any atom is 0.323 e. The van der Waals surface area contributed by atoms with Crippen LogP contribution < -0.4 is 16.4 Å². The number of amidine groups is 1. The quantitative estimate of drug-likeness (QED) is 0.302. The molecule has 6 nitrogen and oxygen atoms in total. The van der Waals surface area contributed by atoms with Gasteiger partial charge in [0.05, 0.1) is 0 Å². The van der Waals surface area contributed by atoms with Crippen LogP contribution in [0.25, 0.3) is 0 Å². The largest absolute Gasteiger partial charge is 0.409 e. The van der Waals surface area contributed by atoms with Crippen molar-refractivity contribution >= 4 is 23.2 Å². The van der Waals surface area contributed by atoms with Crippen molar-refractivity contribution in [3.05, 3.63) is 59.9 Å². The normalized spacial score (nSPS) is 11.0. The lowest BCUT2D eigenvalue weighted by Crippen LogP contribution is -2.19. The second-order valence-corrected chi connectivity index (χ2v) is 4.15. The third-order valence-electron chi connectivity index (χ3n) is 2.65.